The summed E-state index contributed by atoms with van der Waals surface area (Å²) in [7, 11) is 3.68. The first-order valence-corrected chi connectivity index (χ1v) is 9.08. The van der Waals surface area contributed by atoms with Crippen LogP contribution in [0.5, 0.6) is 0 Å². The van der Waals surface area contributed by atoms with Gasteiger partial charge >= 0.3 is 0 Å². The van der Waals surface area contributed by atoms with Gasteiger partial charge in [0.05, 0.1) is 12.3 Å². The molecule has 0 saturated heterocycles. The Morgan fingerprint density at radius 3 is 2.72 bits per heavy atom. The number of aryl methyl sites for hydroxylation is 1. The van der Waals surface area contributed by atoms with Crippen LogP contribution < -0.4 is 0 Å². The summed E-state index contributed by atoms with van der Waals surface area (Å²) in [5.74, 6) is 1.86. The van der Waals surface area contributed by atoms with Gasteiger partial charge in [0.1, 0.15) is 11.5 Å². The molecule has 3 rings (SSSR count). The highest BCUT2D eigenvalue weighted by Crippen LogP contribution is 2.24. The van der Waals surface area contributed by atoms with Gasteiger partial charge in [0.25, 0.3) is 0 Å². The maximum Gasteiger partial charge on any atom is 0.233 e. The summed E-state index contributed by atoms with van der Waals surface area (Å²) < 4.78 is 7.73. The van der Waals surface area contributed by atoms with Crippen molar-refractivity contribution in [1.29, 1.82) is 0 Å². The van der Waals surface area contributed by atoms with Crippen molar-refractivity contribution in [1.82, 2.24) is 14.5 Å². The first kappa shape index (κ1) is 17.6. The number of aromatic nitrogens is 2. The normalized spacial score (nSPS) is 10.8. The molecule has 0 spiro atoms. The van der Waals surface area contributed by atoms with E-state index in [0.29, 0.717) is 17.3 Å². The first-order valence-electron chi connectivity index (χ1n) is 7.71. The Morgan fingerprint density at radius 1 is 1.28 bits per heavy atom. The molecule has 0 bridgehead atoms. The third-order valence-electron chi connectivity index (χ3n) is 3.71. The molecule has 0 fully saturated rings. The van der Waals surface area contributed by atoms with E-state index in [1.807, 2.05) is 54.2 Å². The molecule has 2 heterocycles. The van der Waals surface area contributed by atoms with Gasteiger partial charge < -0.3 is 13.9 Å². The summed E-state index contributed by atoms with van der Waals surface area (Å²) in [5.41, 5.74) is 0.954. The second kappa shape index (κ2) is 7.80. The zero-order valence-corrected chi connectivity index (χ0v) is 15.5. The molecule has 0 saturated carbocycles. The first-order chi connectivity index (χ1) is 12.0. The zero-order valence-electron chi connectivity index (χ0n) is 14.0. The van der Waals surface area contributed by atoms with Crippen LogP contribution in [0.2, 0.25) is 5.02 Å². The van der Waals surface area contributed by atoms with Gasteiger partial charge in [0.15, 0.2) is 5.16 Å². The van der Waals surface area contributed by atoms with E-state index in [4.69, 9.17) is 16.0 Å². The third kappa shape index (κ3) is 4.46. The monoisotopic (exact) mass is 375 g/mol. The molecule has 0 unspecified atom stereocenters. The Morgan fingerprint density at radius 2 is 2.04 bits per heavy atom. The molecule has 0 aliphatic heterocycles. The number of halogens is 1. The van der Waals surface area contributed by atoms with Crippen LogP contribution in [0.4, 0.5) is 0 Å². The number of rotatable bonds is 6. The largest absolute Gasteiger partial charge is 0.459 e. The topological polar surface area (TPSA) is 51.3 Å². The Hall–Kier alpha value is -2.18. The predicted octanol–water partition coefficient (Wildman–Crippen LogP) is 4.08. The van der Waals surface area contributed by atoms with E-state index >= 15 is 0 Å². The molecule has 0 radical (unpaired) electrons. The number of carbonyl (C=O) groups is 1. The van der Waals surface area contributed by atoms with E-state index in [1.54, 1.807) is 18.1 Å². The molecule has 5 nitrogen and oxygen atoms in total. The molecule has 1 aromatic carbocycles. The highest BCUT2D eigenvalue weighted by atomic mass is 35.5. The molecule has 1 amide bonds. The van der Waals surface area contributed by atoms with Crippen molar-refractivity contribution in [2.75, 3.05) is 12.8 Å². The fourth-order valence-corrected chi connectivity index (χ4v) is 3.28. The number of imidazole rings is 1. The van der Waals surface area contributed by atoms with Crippen LogP contribution in [0.1, 0.15) is 5.76 Å². The number of furan rings is 1. The number of hydrogen-bond acceptors (Lipinski definition) is 4. The molecule has 0 aliphatic carbocycles. The quantitative estimate of drug-likeness (QED) is 0.609. The summed E-state index contributed by atoms with van der Waals surface area (Å²) >= 11 is 7.32. The summed E-state index contributed by atoms with van der Waals surface area (Å²) in [6, 6.07) is 11.2. The van der Waals surface area contributed by atoms with Crippen molar-refractivity contribution < 1.29 is 9.21 Å². The summed E-state index contributed by atoms with van der Waals surface area (Å²) in [6.07, 6.45) is 3.58. The van der Waals surface area contributed by atoms with Crippen molar-refractivity contribution in [3.8, 4) is 11.3 Å². The number of nitrogens with zero attached hydrogens (tertiary/aromatic N) is 3. The number of benzene rings is 1. The Balaban J connectivity index is 1.57. The van der Waals surface area contributed by atoms with Crippen molar-refractivity contribution in [2.45, 2.75) is 11.7 Å². The Labute approximate surface area is 155 Å². The van der Waals surface area contributed by atoms with Gasteiger partial charge in [-0.25, -0.2) is 4.98 Å². The minimum absolute atomic E-state index is 0.0254. The predicted molar refractivity (Wildman–Crippen MR) is 99.6 cm³/mol. The minimum atomic E-state index is 0.0254. The Kier molecular flexibility index (Phi) is 5.50. The summed E-state index contributed by atoms with van der Waals surface area (Å²) in [6.45, 7) is 0.424. The molecule has 0 aliphatic rings. The van der Waals surface area contributed by atoms with Crippen molar-refractivity contribution >= 4 is 29.3 Å². The molecule has 2 aromatic heterocycles. The molecule has 25 heavy (non-hydrogen) atoms. The standard InChI is InChI=1S/C18H18ClN3O2S/c1-21-10-9-20-18(21)25-12-17(23)22(2)11-15-7-8-16(24-15)13-3-5-14(19)6-4-13/h3-10H,11-12H2,1-2H3. The molecular formula is C18H18ClN3O2S. The number of amides is 1. The minimum Gasteiger partial charge on any atom is -0.459 e. The lowest BCUT2D eigenvalue weighted by Crippen LogP contribution is -2.27. The van der Waals surface area contributed by atoms with Gasteiger partial charge in [-0.05, 0) is 36.4 Å². The van der Waals surface area contributed by atoms with Crippen LogP contribution >= 0.6 is 23.4 Å². The van der Waals surface area contributed by atoms with Gasteiger partial charge in [0.2, 0.25) is 5.91 Å². The number of carbonyl (C=O) groups excluding carboxylic acids is 1. The number of hydrogen-bond donors (Lipinski definition) is 0. The lowest BCUT2D eigenvalue weighted by Gasteiger charge is -2.15. The smallest absolute Gasteiger partial charge is 0.233 e. The summed E-state index contributed by atoms with van der Waals surface area (Å²) in [5, 5.41) is 1.51. The van der Waals surface area contributed by atoms with Crippen LogP contribution in [0, 0.1) is 0 Å². The van der Waals surface area contributed by atoms with Crippen LogP contribution in [-0.4, -0.2) is 33.2 Å². The van der Waals surface area contributed by atoms with Gasteiger partial charge in [-0.3, -0.25) is 4.79 Å². The fraction of sp³-hybridized carbons (Fsp3) is 0.222. The molecule has 0 atom stereocenters. The van der Waals surface area contributed by atoms with Crippen LogP contribution in [-0.2, 0) is 18.4 Å². The lowest BCUT2D eigenvalue weighted by atomic mass is 10.2. The van der Waals surface area contributed by atoms with Crippen LogP contribution in [0.3, 0.4) is 0 Å². The van der Waals surface area contributed by atoms with E-state index < -0.39 is 0 Å². The third-order valence-corrected chi connectivity index (χ3v) is 5.01. The van der Waals surface area contributed by atoms with Crippen LogP contribution in [0.25, 0.3) is 11.3 Å². The van der Waals surface area contributed by atoms with Crippen molar-refractivity contribution in [3.05, 3.63) is 59.6 Å². The van der Waals surface area contributed by atoms with E-state index in [0.717, 1.165) is 22.2 Å². The summed E-state index contributed by atoms with van der Waals surface area (Å²) in [4.78, 5) is 18.1. The molecule has 130 valence electrons. The fourth-order valence-electron chi connectivity index (χ4n) is 2.28. The SMILES string of the molecule is CN(Cc1ccc(-c2ccc(Cl)cc2)o1)C(=O)CSc1nccn1C. The average Bonchev–Trinajstić information content (AvgIpc) is 3.22. The zero-order chi connectivity index (χ0) is 17.8. The second-order valence-corrected chi connectivity index (χ2v) is 7.01. The van der Waals surface area contributed by atoms with Gasteiger partial charge in [-0.2, -0.15) is 0 Å². The maximum atomic E-state index is 12.3. The van der Waals surface area contributed by atoms with Gasteiger partial charge in [-0.1, -0.05) is 23.4 Å². The van der Waals surface area contributed by atoms with E-state index in [1.165, 1.54) is 11.8 Å². The second-order valence-electron chi connectivity index (χ2n) is 5.63. The average molecular weight is 376 g/mol. The lowest BCUT2D eigenvalue weighted by molar-refractivity contribution is -0.127. The molecule has 7 heteroatoms. The maximum absolute atomic E-state index is 12.3. The van der Waals surface area contributed by atoms with Crippen molar-refractivity contribution in [2.24, 2.45) is 7.05 Å². The Bertz CT molecular complexity index is 857. The number of thioether (sulfide) groups is 1. The van der Waals surface area contributed by atoms with Gasteiger partial charge in [0, 0.05) is 37.1 Å². The molecular weight excluding hydrogens is 358 g/mol. The van der Waals surface area contributed by atoms with Gasteiger partial charge in [-0.15, -0.1) is 0 Å². The molecule has 3 aromatic rings. The van der Waals surface area contributed by atoms with E-state index in [9.17, 15) is 4.79 Å². The highest BCUT2D eigenvalue weighted by Gasteiger charge is 2.14. The van der Waals surface area contributed by atoms with Crippen molar-refractivity contribution in [3.63, 3.8) is 0 Å². The van der Waals surface area contributed by atoms with Crippen LogP contribution in [0.15, 0.2) is 58.4 Å². The highest BCUT2D eigenvalue weighted by molar-refractivity contribution is 7.99. The van der Waals surface area contributed by atoms with E-state index in [-0.39, 0.29) is 5.91 Å². The van der Waals surface area contributed by atoms with E-state index in [2.05, 4.69) is 4.98 Å². The molecule has 0 N–H and O–H groups in total.